The van der Waals surface area contributed by atoms with Crippen LogP contribution in [0, 0.1) is 13.5 Å². The summed E-state index contributed by atoms with van der Waals surface area (Å²) in [6.45, 7) is 5.81. The number of hydrogen-bond acceptors (Lipinski definition) is 1. The van der Waals surface area contributed by atoms with Crippen molar-refractivity contribution in [2.24, 2.45) is 0 Å². The molecule has 0 unspecified atom stereocenters. The van der Waals surface area contributed by atoms with Crippen molar-refractivity contribution in [2.75, 3.05) is 7.11 Å². The van der Waals surface area contributed by atoms with E-state index in [0.29, 0.717) is 0 Å². The molecule has 0 fully saturated rings. The van der Waals surface area contributed by atoms with Gasteiger partial charge < -0.3 is 4.74 Å². The van der Waals surface area contributed by atoms with Gasteiger partial charge in [0, 0.05) is 32.7 Å². The van der Waals surface area contributed by atoms with Gasteiger partial charge in [-0.3, -0.25) is 0 Å². The van der Waals surface area contributed by atoms with Crippen LogP contribution >= 0.6 is 0 Å². The number of methoxy groups -OCH3 is 1. The average Bonchev–Trinajstić information content (AvgIpc) is 1.37. The molecule has 0 bridgehead atoms. The Bertz CT molecular complexity index is 8.85. The largest absolute Gasteiger partial charge is 0.554 e. The maximum atomic E-state index is 4.68. The quantitative estimate of drug-likeness (QED) is 0.489. The topological polar surface area (TPSA) is 9.23 Å². The molecule has 1 nitrogen and oxygen atoms in total. The van der Waals surface area contributed by atoms with Crippen molar-refractivity contribution in [3.63, 3.8) is 0 Å². The Morgan fingerprint density at radius 3 is 2.00 bits per heavy atom. The van der Waals surface area contributed by atoms with Gasteiger partial charge in [0.25, 0.3) is 0 Å². The average molecular weight is 146 g/mol. The molecular weight excluding hydrogens is 141 g/mol. The molecule has 0 aliphatic heterocycles. The summed E-state index contributed by atoms with van der Waals surface area (Å²) in [6, 6.07) is 0. The molecule has 0 amide bonds. The van der Waals surface area contributed by atoms with E-state index < -0.39 is 0 Å². The molecule has 0 atom stereocenters. The fraction of sp³-hybridized carbons (Fsp3) is 0.333. The standard InChI is InChI=1S/C3H5O.Y/c1-3-4-2;/h1,3H,2H3;/q-1;. The first-order valence-corrected chi connectivity index (χ1v) is 0.977. The predicted molar refractivity (Wildman–Crippen MR) is 15.6 cm³/mol. The van der Waals surface area contributed by atoms with Crippen LogP contribution in [0.2, 0.25) is 0 Å². The van der Waals surface area contributed by atoms with E-state index in [1.54, 1.807) is 0 Å². The van der Waals surface area contributed by atoms with Crippen molar-refractivity contribution < 1.29 is 37.4 Å². The van der Waals surface area contributed by atoms with Gasteiger partial charge in [-0.05, 0) is 7.11 Å². The molecule has 0 heterocycles. The third kappa shape index (κ3) is 11.2. The van der Waals surface area contributed by atoms with Crippen molar-refractivity contribution in [1.29, 1.82) is 0 Å². The van der Waals surface area contributed by atoms with Crippen molar-refractivity contribution in [3.05, 3.63) is 13.5 Å². The second-order valence-corrected chi connectivity index (χ2v) is 0.372. The maximum Gasteiger partial charge on any atom is 0 e. The minimum Gasteiger partial charge on any atom is -0.554 e. The van der Waals surface area contributed by atoms with Crippen molar-refractivity contribution >= 4 is 0 Å². The smallest absolute Gasteiger partial charge is 0 e. The summed E-state index contributed by atoms with van der Waals surface area (Å²) in [5, 5.41) is 0. The minimum atomic E-state index is 0. The molecule has 5 heavy (non-hydrogen) atoms. The van der Waals surface area contributed by atoms with Gasteiger partial charge in [-0.25, -0.2) is 6.61 Å². The normalized spacial score (nSPS) is 6.00. The van der Waals surface area contributed by atoms with E-state index in [1.807, 2.05) is 0 Å². The fourth-order valence-electron chi connectivity index (χ4n) is 0. The maximum absolute atomic E-state index is 4.68. The zero-order valence-electron chi connectivity index (χ0n) is 3.14. The van der Waals surface area contributed by atoms with Crippen LogP contribution < -0.4 is 0 Å². The second kappa shape index (κ2) is 8.91. The van der Waals surface area contributed by atoms with Crippen LogP contribution in [-0.4, -0.2) is 7.11 Å². The second-order valence-electron chi connectivity index (χ2n) is 0.372. The van der Waals surface area contributed by atoms with E-state index in [0.717, 1.165) is 6.61 Å². The van der Waals surface area contributed by atoms with Crippen LogP contribution in [0.5, 0.6) is 0 Å². The van der Waals surface area contributed by atoms with Crippen LogP contribution in [0.4, 0.5) is 0 Å². The summed E-state index contributed by atoms with van der Waals surface area (Å²) < 4.78 is 4.19. The van der Waals surface area contributed by atoms with Crippen LogP contribution in [0.15, 0.2) is 0 Å². The Balaban J connectivity index is 0. The molecule has 2 heteroatoms. The van der Waals surface area contributed by atoms with Gasteiger partial charge in [-0.2, -0.15) is 6.92 Å². The number of ether oxygens (including phenoxy) is 1. The summed E-state index contributed by atoms with van der Waals surface area (Å²) >= 11 is 0. The van der Waals surface area contributed by atoms with Crippen LogP contribution in [0.1, 0.15) is 0 Å². The molecule has 27 valence electrons. The molecular formula is C3H5OY-. The van der Waals surface area contributed by atoms with Crippen molar-refractivity contribution in [2.45, 2.75) is 0 Å². The van der Waals surface area contributed by atoms with E-state index in [4.69, 9.17) is 0 Å². The third-order valence-corrected chi connectivity index (χ3v) is 0.136. The number of hydrogen-bond donors (Lipinski definition) is 0. The summed E-state index contributed by atoms with van der Waals surface area (Å²) in [5.41, 5.74) is 0. The molecule has 3 radical (unpaired) electrons. The summed E-state index contributed by atoms with van der Waals surface area (Å²) in [4.78, 5) is 0. The first-order valence-electron chi connectivity index (χ1n) is 0.977. The van der Waals surface area contributed by atoms with Crippen LogP contribution in [-0.2, 0) is 37.4 Å². The monoisotopic (exact) mass is 146 g/mol. The third-order valence-electron chi connectivity index (χ3n) is 0.136. The van der Waals surface area contributed by atoms with Crippen LogP contribution in [0.25, 0.3) is 0 Å². The van der Waals surface area contributed by atoms with Gasteiger partial charge in [0.15, 0.2) is 0 Å². The Morgan fingerprint density at radius 2 is 2.00 bits per heavy atom. The zero-order valence-corrected chi connectivity index (χ0v) is 5.98. The minimum absolute atomic E-state index is 0. The van der Waals surface area contributed by atoms with E-state index in [1.165, 1.54) is 7.11 Å². The Kier molecular flexibility index (Phi) is 16.8. The molecule has 0 aromatic carbocycles. The zero-order chi connectivity index (χ0) is 3.41. The first-order chi connectivity index (χ1) is 1.91. The molecule has 0 rings (SSSR count). The van der Waals surface area contributed by atoms with Crippen molar-refractivity contribution in [3.8, 4) is 0 Å². The van der Waals surface area contributed by atoms with Crippen molar-refractivity contribution in [1.82, 2.24) is 0 Å². The van der Waals surface area contributed by atoms with E-state index >= 15 is 0 Å². The molecule has 0 aromatic heterocycles. The SMILES string of the molecule is [CH][CH-]OC.[Y]. The molecule has 0 aliphatic carbocycles. The van der Waals surface area contributed by atoms with Crippen LogP contribution in [0.3, 0.4) is 0 Å². The Morgan fingerprint density at radius 1 is 1.80 bits per heavy atom. The van der Waals surface area contributed by atoms with Gasteiger partial charge in [0.2, 0.25) is 0 Å². The predicted octanol–water partition coefficient (Wildman–Crippen LogP) is 0.503. The van der Waals surface area contributed by atoms with E-state index in [9.17, 15) is 0 Å². The molecule has 0 saturated heterocycles. The molecule has 0 saturated carbocycles. The van der Waals surface area contributed by atoms with Gasteiger partial charge >= 0.3 is 0 Å². The molecule has 0 aliphatic rings. The Hall–Kier alpha value is 1.06. The summed E-state index contributed by atoms with van der Waals surface area (Å²) in [7, 11) is 1.50. The van der Waals surface area contributed by atoms with Gasteiger partial charge in [0.05, 0.1) is 0 Å². The van der Waals surface area contributed by atoms with E-state index in [2.05, 4.69) is 11.7 Å². The van der Waals surface area contributed by atoms with Gasteiger partial charge in [0.1, 0.15) is 0 Å². The summed E-state index contributed by atoms with van der Waals surface area (Å²) in [6.07, 6.45) is 0. The first kappa shape index (κ1) is 9.42. The summed E-state index contributed by atoms with van der Waals surface area (Å²) in [5.74, 6) is 0. The van der Waals surface area contributed by atoms with Gasteiger partial charge in [-0.1, -0.05) is 0 Å². The molecule has 0 aromatic rings. The fourth-order valence-corrected chi connectivity index (χ4v) is 0. The molecule has 0 spiro atoms. The Labute approximate surface area is 58.0 Å². The van der Waals surface area contributed by atoms with E-state index in [-0.39, 0.29) is 32.7 Å². The van der Waals surface area contributed by atoms with Gasteiger partial charge in [-0.15, -0.1) is 0 Å². The number of rotatable bonds is 1. The molecule has 0 N–H and O–H groups in total.